The number of aliphatic imine (C=N–C) groups is 1. The number of aromatic nitrogens is 3. The van der Waals surface area contributed by atoms with Crippen molar-refractivity contribution in [3.8, 4) is 0 Å². The lowest BCUT2D eigenvalue weighted by atomic mass is 10.0. The van der Waals surface area contributed by atoms with Crippen molar-refractivity contribution < 1.29 is 5.11 Å². The lowest BCUT2D eigenvalue weighted by Crippen LogP contribution is -2.40. The van der Waals surface area contributed by atoms with Gasteiger partial charge in [-0.2, -0.15) is 0 Å². The number of nitrogens with one attached hydrogen (secondary N) is 2. The van der Waals surface area contributed by atoms with Crippen LogP contribution in [0, 0.1) is 6.92 Å². The molecule has 1 aromatic carbocycles. The zero-order valence-corrected chi connectivity index (χ0v) is 15.9. The first-order chi connectivity index (χ1) is 12.7. The summed E-state index contributed by atoms with van der Waals surface area (Å²) in [5.41, 5.74) is 1.11. The number of aliphatic hydroxyl groups is 1. The highest BCUT2D eigenvalue weighted by atomic mass is 16.3. The summed E-state index contributed by atoms with van der Waals surface area (Å²) in [6.07, 6.45) is 2.19. The van der Waals surface area contributed by atoms with Gasteiger partial charge in [0.2, 0.25) is 0 Å². The van der Waals surface area contributed by atoms with Crippen LogP contribution in [0.3, 0.4) is 0 Å². The predicted molar refractivity (Wildman–Crippen MR) is 104 cm³/mol. The van der Waals surface area contributed by atoms with E-state index in [2.05, 4.69) is 32.7 Å². The fourth-order valence-electron chi connectivity index (χ4n) is 2.53. The van der Waals surface area contributed by atoms with Crippen LogP contribution < -0.4 is 10.6 Å². The summed E-state index contributed by atoms with van der Waals surface area (Å²) in [6, 6.07) is 10.0. The molecule has 0 saturated carbocycles. The molecule has 26 heavy (non-hydrogen) atoms. The number of unbranched alkanes of at least 4 members (excludes halogenated alkanes) is 1. The van der Waals surface area contributed by atoms with Crippen molar-refractivity contribution >= 4 is 5.96 Å². The molecule has 2 rings (SSSR count). The maximum Gasteiger partial charge on any atom is 0.191 e. The van der Waals surface area contributed by atoms with E-state index in [4.69, 9.17) is 0 Å². The van der Waals surface area contributed by atoms with Crippen LogP contribution in [0.5, 0.6) is 0 Å². The molecule has 0 aliphatic rings. The number of rotatable bonds is 9. The zero-order valence-electron chi connectivity index (χ0n) is 15.9. The van der Waals surface area contributed by atoms with E-state index < -0.39 is 0 Å². The number of benzene rings is 1. The summed E-state index contributed by atoms with van der Waals surface area (Å²) in [7, 11) is 1.94. The van der Waals surface area contributed by atoms with Crippen molar-refractivity contribution in [2.45, 2.75) is 39.2 Å². The lowest BCUT2D eigenvalue weighted by Gasteiger charge is -2.18. The van der Waals surface area contributed by atoms with Gasteiger partial charge in [-0.3, -0.25) is 0 Å². The summed E-state index contributed by atoms with van der Waals surface area (Å²) in [4.78, 5) is 4.63. The second kappa shape index (κ2) is 10.6. The molecular weight excluding hydrogens is 328 g/mol. The first-order valence-electron chi connectivity index (χ1n) is 9.18. The molecule has 7 nitrogen and oxygen atoms in total. The smallest absolute Gasteiger partial charge is 0.191 e. The van der Waals surface area contributed by atoms with E-state index in [1.807, 2.05) is 48.9 Å². The van der Waals surface area contributed by atoms with Gasteiger partial charge in [-0.05, 0) is 18.9 Å². The molecule has 7 heteroatoms. The molecule has 0 saturated heterocycles. The number of hydrogen-bond acceptors (Lipinski definition) is 4. The Kier molecular flexibility index (Phi) is 8.08. The largest absolute Gasteiger partial charge is 0.396 e. The summed E-state index contributed by atoms with van der Waals surface area (Å²) >= 11 is 0. The van der Waals surface area contributed by atoms with Gasteiger partial charge in [-0.1, -0.05) is 43.7 Å². The zero-order chi connectivity index (χ0) is 18.8. The number of guanidine groups is 1. The topological polar surface area (TPSA) is 87.4 Å². The third kappa shape index (κ3) is 5.84. The Labute approximate surface area is 155 Å². The Morgan fingerprint density at radius 3 is 2.62 bits per heavy atom. The Morgan fingerprint density at radius 1 is 1.23 bits per heavy atom. The third-order valence-electron chi connectivity index (χ3n) is 4.39. The molecule has 1 heterocycles. The van der Waals surface area contributed by atoms with Crippen molar-refractivity contribution in [1.82, 2.24) is 25.4 Å². The Balaban J connectivity index is 2.01. The van der Waals surface area contributed by atoms with Gasteiger partial charge < -0.3 is 20.3 Å². The summed E-state index contributed by atoms with van der Waals surface area (Å²) in [6.45, 7) is 6.08. The van der Waals surface area contributed by atoms with E-state index >= 15 is 0 Å². The van der Waals surface area contributed by atoms with Gasteiger partial charge in [0.25, 0.3) is 0 Å². The lowest BCUT2D eigenvalue weighted by molar-refractivity contribution is 0.265. The van der Waals surface area contributed by atoms with Gasteiger partial charge in [-0.15, -0.1) is 10.2 Å². The maximum absolute atomic E-state index is 9.73. The molecule has 1 atom stereocenters. The van der Waals surface area contributed by atoms with Crippen molar-refractivity contribution in [2.75, 3.05) is 19.7 Å². The molecule has 1 aromatic heterocycles. The Hall–Kier alpha value is -2.41. The molecule has 0 spiro atoms. The van der Waals surface area contributed by atoms with Gasteiger partial charge >= 0.3 is 0 Å². The van der Waals surface area contributed by atoms with E-state index in [9.17, 15) is 5.11 Å². The van der Waals surface area contributed by atoms with Crippen LogP contribution in [-0.4, -0.2) is 45.5 Å². The highest BCUT2D eigenvalue weighted by Crippen LogP contribution is 2.13. The maximum atomic E-state index is 9.73. The van der Waals surface area contributed by atoms with Crippen LogP contribution in [0.4, 0.5) is 0 Å². The van der Waals surface area contributed by atoms with E-state index in [1.54, 1.807) is 0 Å². The van der Waals surface area contributed by atoms with E-state index in [1.165, 1.54) is 0 Å². The average Bonchev–Trinajstić information content (AvgIpc) is 2.99. The highest BCUT2D eigenvalue weighted by Gasteiger charge is 2.11. The van der Waals surface area contributed by atoms with Gasteiger partial charge in [0.15, 0.2) is 11.8 Å². The minimum atomic E-state index is 0.0199. The minimum absolute atomic E-state index is 0.0199. The monoisotopic (exact) mass is 358 g/mol. The fraction of sp³-hybridized carbons (Fsp3) is 0.526. The van der Waals surface area contributed by atoms with Crippen molar-refractivity contribution in [2.24, 2.45) is 12.0 Å². The normalized spacial score (nSPS) is 12.8. The fourth-order valence-corrected chi connectivity index (χ4v) is 2.53. The van der Waals surface area contributed by atoms with E-state index in [-0.39, 0.29) is 12.5 Å². The van der Waals surface area contributed by atoms with Gasteiger partial charge in [0.05, 0.1) is 6.61 Å². The number of nitrogens with zero attached hydrogens (tertiary/aromatic N) is 4. The standard InChI is InChI=1S/C19H30N6O/c1-4-5-11-20-19(22-13-18-24-23-15(2)25(18)3)21-12-17(14-26)16-9-7-6-8-10-16/h6-10,17,26H,4-5,11-14H2,1-3H3,(H2,20,21,22). The minimum Gasteiger partial charge on any atom is -0.396 e. The molecule has 3 N–H and O–H groups in total. The summed E-state index contributed by atoms with van der Waals surface area (Å²) in [5, 5.41) is 24.6. The number of aliphatic hydroxyl groups excluding tert-OH is 1. The van der Waals surface area contributed by atoms with Crippen molar-refractivity contribution in [3.05, 3.63) is 47.5 Å². The van der Waals surface area contributed by atoms with E-state index in [0.29, 0.717) is 13.1 Å². The Bertz CT molecular complexity index is 683. The molecule has 0 fully saturated rings. The highest BCUT2D eigenvalue weighted by molar-refractivity contribution is 5.79. The predicted octanol–water partition coefficient (Wildman–Crippen LogP) is 1.73. The summed E-state index contributed by atoms with van der Waals surface area (Å²) in [5.74, 6) is 2.44. The molecule has 0 aliphatic carbocycles. The van der Waals surface area contributed by atoms with Gasteiger partial charge in [0, 0.05) is 26.1 Å². The van der Waals surface area contributed by atoms with Crippen LogP contribution in [-0.2, 0) is 13.6 Å². The summed E-state index contributed by atoms with van der Waals surface area (Å²) < 4.78 is 1.94. The average molecular weight is 358 g/mol. The van der Waals surface area contributed by atoms with E-state index in [0.717, 1.165) is 42.6 Å². The van der Waals surface area contributed by atoms with Crippen LogP contribution >= 0.6 is 0 Å². The van der Waals surface area contributed by atoms with Crippen LogP contribution in [0.15, 0.2) is 35.3 Å². The van der Waals surface area contributed by atoms with Gasteiger partial charge in [0.1, 0.15) is 12.4 Å². The molecule has 0 amide bonds. The van der Waals surface area contributed by atoms with Crippen molar-refractivity contribution in [3.63, 3.8) is 0 Å². The molecule has 0 radical (unpaired) electrons. The van der Waals surface area contributed by atoms with Crippen LogP contribution in [0.1, 0.15) is 42.9 Å². The quantitative estimate of drug-likeness (QED) is 0.361. The molecular formula is C19H30N6O. The Morgan fingerprint density at radius 2 is 2.00 bits per heavy atom. The first kappa shape index (κ1) is 19.9. The molecule has 0 bridgehead atoms. The van der Waals surface area contributed by atoms with Crippen molar-refractivity contribution in [1.29, 1.82) is 0 Å². The SMILES string of the molecule is CCCCNC(=NCc1nnc(C)n1C)NCC(CO)c1ccccc1. The molecule has 1 unspecified atom stereocenters. The van der Waals surface area contributed by atoms with Gasteiger partial charge in [-0.25, -0.2) is 4.99 Å². The first-order valence-corrected chi connectivity index (χ1v) is 9.18. The second-order valence-corrected chi connectivity index (χ2v) is 6.34. The molecule has 142 valence electrons. The molecule has 0 aliphatic heterocycles. The number of hydrogen-bond donors (Lipinski definition) is 3. The van der Waals surface area contributed by atoms with Crippen LogP contribution in [0.2, 0.25) is 0 Å². The third-order valence-corrected chi connectivity index (χ3v) is 4.39. The number of aryl methyl sites for hydroxylation is 1. The second-order valence-electron chi connectivity index (χ2n) is 6.34. The van der Waals surface area contributed by atoms with Crippen LogP contribution in [0.25, 0.3) is 0 Å². The molecule has 2 aromatic rings.